The summed E-state index contributed by atoms with van der Waals surface area (Å²) in [6.07, 6.45) is -3.66. The van der Waals surface area contributed by atoms with Crippen LogP contribution in [0.25, 0.3) is 0 Å². The molecule has 0 aliphatic heterocycles. The van der Waals surface area contributed by atoms with Gasteiger partial charge in [-0.2, -0.15) is 0 Å². The number of ether oxygens (including phenoxy) is 2. The molecule has 1 rings (SSSR count). The maximum absolute atomic E-state index is 11.7. The highest BCUT2D eigenvalue weighted by Crippen LogP contribution is 2.07. The van der Waals surface area contributed by atoms with Gasteiger partial charge in [-0.1, -0.05) is 30.3 Å². The summed E-state index contributed by atoms with van der Waals surface area (Å²) >= 11 is 0. The molecule has 0 bridgehead atoms. The molecule has 3 N–H and O–H groups in total. The van der Waals surface area contributed by atoms with Gasteiger partial charge in [-0.15, -0.1) is 0 Å². The van der Waals surface area contributed by atoms with Gasteiger partial charge in [0.2, 0.25) is 0 Å². The van der Waals surface area contributed by atoms with Crippen molar-refractivity contribution in [3.05, 3.63) is 35.9 Å². The van der Waals surface area contributed by atoms with Crippen molar-refractivity contribution >= 4 is 12.1 Å². The summed E-state index contributed by atoms with van der Waals surface area (Å²) in [5.41, 5.74) is 0.155. The van der Waals surface area contributed by atoms with E-state index in [1.807, 2.05) is 6.07 Å². The fourth-order valence-corrected chi connectivity index (χ4v) is 1.77. The van der Waals surface area contributed by atoms with Gasteiger partial charge in [0.1, 0.15) is 12.2 Å². The summed E-state index contributed by atoms with van der Waals surface area (Å²) in [5, 5.41) is 22.0. The van der Waals surface area contributed by atoms with Crippen molar-refractivity contribution in [2.24, 2.45) is 0 Å². The van der Waals surface area contributed by atoms with Gasteiger partial charge in [-0.05, 0) is 32.8 Å². The molecule has 0 spiro atoms. The number of aliphatic hydroxyl groups excluding tert-OH is 2. The van der Waals surface area contributed by atoms with E-state index in [4.69, 9.17) is 9.47 Å². The number of hydrogen-bond acceptors (Lipinski definition) is 6. The van der Waals surface area contributed by atoms with Crippen LogP contribution in [0.3, 0.4) is 0 Å². The molecule has 0 saturated carbocycles. The number of esters is 1. The monoisotopic (exact) mass is 339 g/mol. The molecule has 2 atom stereocenters. The highest BCUT2D eigenvalue weighted by atomic mass is 16.6. The quantitative estimate of drug-likeness (QED) is 0.648. The van der Waals surface area contributed by atoms with Gasteiger partial charge in [-0.25, -0.2) is 9.59 Å². The molecular weight excluding hydrogens is 314 g/mol. The second-order valence-corrected chi connectivity index (χ2v) is 6.32. The molecule has 0 saturated heterocycles. The summed E-state index contributed by atoms with van der Waals surface area (Å²) in [6.45, 7) is 5.26. The van der Waals surface area contributed by atoms with E-state index in [2.05, 4.69) is 5.32 Å². The van der Waals surface area contributed by atoms with Crippen LogP contribution in [0.1, 0.15) is 32.8 Å². The Morgan fingerprint density at radius 3 is 2.38 bits per heavy atom. The predicted molar refractivity (Wildman–Crippen MR) is 87.1 cm³/mol. The number of rotatable bonds is 7. The lowest BCUT2D eigenvalue weighted by Crippen LogP contribution is -2.39. The molecule has 1 aromatic rings. The first-order chi connectivity index (χ1) is 11.2. The highest BCUT2D eigenvalue weighted by Gasteiger charge is 2.26. The number of carbonyl (C=O) groups excluding carboxylic acids is 2. The zero-order chi connectivity index (χ0) is 18.2. The number of aliphatic hydroxyl groups is 2. The van der Waals surface area contributed by atoms with Crippen molar-refractivity contribution in [3.8, 4) is 0 Å². The largest absolute Gasteiger partial charge is 0.459 e. The van der Waals surface area contributed by atoms with E-state index in [9.17, 15) is 19.8 Å². The molecule has 24 heavy (non-hydrogen) atoms. The summed E-state index contributed by atoms with van der Waals surface area (Å²) in [4.78, 5) is 23.1. The van der Waals surface area contributed by atoms with Crippen LogP contribution in [0.4, 0.5) is 4.79 Å². The molecule has 1 amide bonds. The Balaban J connectivity index is 2.29. The Morgan fingerprint density at radius 1 is 1.17 bits per heavy atom. The Hall–Kier alpha value is -2.12. The van der Waals surface area contributed by atoms with Crippen molar-refractivity contribution < 1.29 is 29.3 Å². The van der Waals surface area contributed by atoms with E-state index in [1.165, 1.54) is 0 Å². The lowest BCUT2D eigenvalue weighted by Gasteiger charge is -2.20. The second kappa shape index (κ2) is 9.24. The molecule has 0 fully saturated rings. The fraction of sp³-hybridized carbons (Fsp3) is 0.529. The van der Waals surface area contributed by atoms with Crippen molar-refractivity contribution in [2.75, 3.05) is 6.54 Å². The molecule has 0 aromatic heterocycles. The molecule has 7 heteroatoms. The lowest BCUT2D eigenvalue weighted by atomic mass is 10.1. The number of nitrogens with one attached hydrogen (secondary N) is 1. The third kappa shape index (κ3) is 7.94. The van der Waals surface area contributed by atoms with E-state index in [0.717, 1.165) is 5.56 Å². The molecule has 134 valence electrons. The summed E-state index contributed by atoms with van der Waals surface area (Å²) in [7, 11) is 0. The van der Waals surface area contributed by atoms with Gasteiger partial charge in [0.15, 0.2) is 6.10 Å². The number of hydrogen-bond donors (Lipinski definition) is 3. The molecule has 1 aromatic carbocycles. The standard InChI is InChI=1S/C17H25NO6/c1-17(2,3)24-16(22)18-10-9-13(19)14(20)15(21)23-11-12-7-5-4-6-8-12/h4-8,13-14,19-20H,9-11H2,1-3H3,(H,18,22)/t13-,14+/m1/s1. The Labute approximate surface area is 141 Å². The van der Waals surface area contributed by atoms with Gasteiger partial charge in [0, 0.05) is 6.54 Å². The first-order valence-corrected chi connectivity index (χ1v) is 7.72. The third-order valence-corrected chi connectivity index (χ3v) is 2.94. The van der Waals surface area contributed by atoms with E-state index in [1.54, 1.807) is 45.0 Å². The normalized spacial score (nSPS) is 13.7. The van der Waals surface area contributed by atoms with Crippen LogP contribution in [-0.2, 0) is 20.9 Å². The molecule has 7 nitrogen and oxygen atoms in total. The van der Waals surface area contributed by atoms with Crippen LogP contribution in [0.15, 0.2) is 30.3 Å². The van der Waals surface area contributed by atoms with Gasteiger partial charge >= 0.3 is 12.1 Å². The number of amides is 1. The number of benzene rings is 1. The van der Waals surface area contributed by atoms with E-state index in [0.29, 0.717) is 0 Å². The predicted octanol–water partition coefficient (Wildman–Crippen LogP) is 1.37. The van der Waals surface area contributed by atoms with Crippen LogP contribution in [0.5, 0.6) is 0 Å². The van der Waals surface area contributed by atoms with Crippen molar-refractivity contribution in [3.63, 3.8) is 0 Å². The molecular formula is C17H25NO6. The fourth-order valence-electron chi connectivity index (χ4n) is 1.77. The minimum absolute atomic E-state index is 0.0130. The summed E-state index contributed by atoms with van der Waals surface area (Å²) < 4.78 is 9.97. The molecule has 0 unspecified atom stereocenters. The highest BCUT2D eigenvalue weighted by molar-refractivity contribution is 5.75. The molecule has 0 heterocycles. The minimum Gasteiger partial charge on any atom is -0.459 e. The van der Waals surface area contributed by atoms with E-state index in [-0.39, 0.29) is 19.6 Å². The zero-order valence-electron chi connectivity index (χ0n) is 14.2. The molecule has 0 aliphatic rings. The summed E-state index contributed by atoms with van der Waals surface area (Å²) in [5.74, 6) is -0.913. The number of alkyl carbamates (subject to hydrolysis) is 1. The van der Waals surface area contributed by atoms with E-state index >= 15 is 0 Å². The topological polar surface area (TPSA) is 105 Å². The maximum Gasteiger partial charge on any atom is 0.407 e. The minimum atomic E-state index is -1.67. The van der Waals surface area contributed by atoms with Crippen molar-refractivity contribution in [2.45, 2.75) is 51.6 Å². The SMILES string of the molecule is CC(C)(C)OC(=O)NCC[C@@H](O)[C@H](O)C(=O)OCc1ccccc1. The van der Waals surface area contributed by atoms with Crippen LogP contribution in [0, 0.1) is 0 Å². The van der Waals surface area contributed by atoms with Gasteiger partial charge < -0.3 is 25.0 Å². The number of carbonyl (C=O) groups is 2. The van der Waals surface area contributed by atoms with Crippen molar-refractivity contribution in [1.29, 1.82) is 0 Å². The van der Waals surface area contributed by atoms with Crippen LogP contribution < -0.4 is 5.32 Å². The lowest BCUT2D eigenvalue weighted by molar-refractivity contribution is -0.161. The van der Waals surface area contributed by atoms with Gasteiger partial charge in [0.05, 0.1) is 6.10 Å². The average Bonchev–Trinajstić information content (AvgIpc) is 2.51. The second-order valence-electron chi connectivity index (χ2n) is 6.32. The average molecular weight is 339 g/mol. The van der Waals surface area contributed by atoms with Crippen molar-refractivity contribution in [1.82, 2.24) is 5.32 Å². The van der Waals surface area contributed by atoms with Crippen LogP contribution in [-0.4, -0.2) is 46.6 Å². The smallest absolute Gasteiger partial charge is 0.407 e. The zero-order valence-corrected chi connectivity index (χ0v) is 14.2. The van der Waals surface area contributed by atoms with Gasteiger partial charge in [0.25, 0.3) is 0 Å². The van der Waals surface area contributed by atoms with Crippen LogP contribution >= 0.6 is 0 Å². The first kappa shape index (κ1) is 19.9. The Morgan fingerprint density at radius 2 is 1.79 bits per heavy atom. The third-order valence-electron chi connectivity index (χ3n) is 2.94. The summed E-state index contributed by atoms with van der Waals surface area (Å²) in [6, 6.07) is 9.00. The molecule has 0 aliphatic carbocycles. The van der Waals surface area contributed by atoms with E-state index < -0.39 is 29.9 Å². The Kier molecular flexibility index (Phi) is 7.67. The van der Waals surface area contributed by atoms with Crippen LogP contribution in [0.2, 0.25) is 0 Å². The van der Waals surface area contributed by atoms with Gasteiger partial charge in [-0.3, -0.25) is 0 Å². The first-order valence-electron chi connectivity index (χ1n) is 7.72. The Bertz CT molecular complexity index is 526. The maximum atomic E-state index is 11.7. The molecule has 0 radical (unpaired) electrons.